The molecule has 0 radical (unpaired) electrons. The number of carbonyl (C=O) groups excluding carboxylic acids is 1. The summed E-state index contributed by atoms with van der Waals surface area (Å²) in [5.41, 5.74) is 1.23. The molecule has 2 aliphatic heterocycles. The van der Waals surface area contributed by atoms with Gasteiger partial charge in [-0.2, -0.15) is 0 Å². The van der Waals surface area contributed by atoms with Crippen molar-refractivity contribution in [1.29, 1.82) is 0 Å². The van der Waals surface area contributed by atoms with Gasteiger partial charge in [-0.1, -0.05) is 0 Å². The summed E-state index contributed by atoms with van der Waals surface area (Å²) < 4.78 is 6.50. The highest BCUT2D eigenvalue weighted by atomic mass is 16.5. The Morgan fingerprint density at radius 3 is 3.06 bits per heavy atom. The van der Waals surface area contributed by atoms with Gasteiger partial charge in [-0.25, -0.2) is 4.79 Å². The van der Waals surface area contributed by atoms with E-state index in [9.17, 15) is 9.59 Å². The van der Waals surface area contributed by atoms with Gasteiger partial charge in [0.1, 0.15) is 0 Å². The van der Waals surface area contributed by atoms with E-state index in [0.717, 1.165) is 31.7 Å². The topological polar surface area (TPSA) is 60.3 Å². The summed E-state index contributed by atoms with van der Waals surface area (Å²) in [4.78, 5) is 23.6. The average Bonchev–Trinajstić information content (AvgIpc) is 2.39. The Kier molecular flexibility index (Phi) is 2.70. The highest BCUT2D eigenvalue weighted by Crippen LogP contribution is 2.32. The molecule has 3 heterocycles. The van der Waals surface area contributed by atoms with Crippen molar-refractivity contribution in [2.24, 2.45) is 5.92 Å². The van der Waals surface area contributed by atoms with Crippen molar-refractivity contribution >= 4 is 5.97 Å². The minimum atomic E-state index is -0.443. The Morgan fingerprint density at radius 1 is 1.44 bits per heavy atom. The first-order valence-electron chi connectivity index (χ1n) is 6.23. The predicted molar refractivity (Wildman–Crippen MR) is 65.8 cm³/mol. The Balaban J connectivity index is 2.10. The molecule has 0 aromatic carbocycles. The fourth-order valence-corrected chi connectivity index (χ4v) is 3.04. The van der Waals surface area contributed by atoms with Crippen LogP contribution in [-0.2, 0) is 11.3 Å². The average molecular weight is 248 g/mol. The second-order valence-corrected chi connectivity index (χ2v) is 5.07. The van der Waals surface area contributed by atoms with E-state index < -0.39 is 5.97 Å². The second kappa shape index (κ2) is 4.24. The van der Waals surface area contributed by atoms with Crippen LogP contribution in [0.1, 0.15) is 28.4 Å². The lowest BCUT2D eigenvalue weighted by molar-refractivity contribution is 0.0599. The van der Waals surface area contributed by atoms with Crippen molar-refractivity contribution in [3.05, 3.63) is 33.7 Å². The summed E-state index contributed by atoms with van der Waals surface area (Å²) >= 11 is 0. The van der Waals surface area contributed by atoms with Crippen molar-refractivity contribution in [3.8, 4) is 0 Å². The Labute approximate surface area is 105 Å². The van der Waals surface area contributed by atoms with Gasteiger partial charge in [0.25, 0.3) is 5.56 Å². The first kappa shape index (κ1) is 11.5. The third-order valence-corrected chi connectivity index (χ3v) is 3.88. The number of esters is 1. The van der Waals surface area contributed by atoms with E-state index >= 15 is 0 Å². The monoisotopic (exact) mass is 248 g/mol. The number of ether oxygens (including phenoxy) is 1. The van der Waals surface area contributed by atoms with Crippen LogP contribution in [0.5, 0.6) is 0 Å². The number of hydrogen-bond donors (Lipinski definition) is 1. The maximum Gasteiger partial charge on any atom is 0.338 e. The number of rotatable bonds is 1. The number of pyridine rings is 1. The van der Waals surface area contributed by atoms with Gasteiger partial charge in [0.15, 0.2) is 0 Å². The van der Waals surface area contributed by atoms with Gasteiger partial charge in [-0.05, 0) is 24.9 Å². The second-order valence-electron chi connectivity index (χ2n) is 5.07. The van der Waals surface area contributed by atoms with Crippen molar-refractivity contribution in [1.82, 2.24) is 9.88 Å². The number of piperidine rings is 1. The van der Waals surface area contributed by atoms with E-state index in [0.29, 0.717) is 17.4 Å². The van der Waals surface area contributed by atoms with Crippen LogP contribution in [0.4, 0.5) is 0 Å². The lowest BCUT2D eigenvalue weighted by Gasteiger charge is -2.37. The van der Waals surface area contributed by atoms with Crippen molar-refractivity contribution in [2.75, 3.05) is 20.2 Å². The molecule has 0 amide bonds. The van der Waals surface area contributed by atoms with E-state index in [2.05, 4.69) is 10.1 Å². The molecule has 96 valence electrons. The fraction of sp³-hybridized carbons (Fsp3) is 0.538. The van der Waals surface area contributed by atoms with Crippen molar-refractivity contribution in [2.45, 2.75) is 18.9 Å². The molecule has 2 unspecified atom stereocenters. The maximum absolute atomic E-state index is 12.1. The van der Waals surface area contributed by atoms with Crippen LogP contribution in [0.15, 0.2) is 16.9 Å². The summed E-state index contributed by atoms with van der Waals surface area (Å²) in [7, 11) is 1.33. The maximum atomic E-state index is 12.1. The standard InChI is InChI=1S/C13H16N2O3/c1-18-13(17)9-3-11-10-2-8(5-14-6-10)7-15(11)12(16)4-9/h3-4,8,10,14H,2,5-7H2,1H3. The minimum Gasteiger partial charge on any atom is -0.465 e. The third kappa shape index (κ3) is 1.75. The van der Waals surface area contributed by atoms with E-state index in [1.807, 2.05) is 4.57 Å². The molecule has 2 aliphatic rings. The number of fused-ring (bicyclic) bond motifs is 4. The first-order chi connectivity index (χ1) is 8.69. The smallest absolute Gasteiger partial charge is 0.338 e. The molecule has 1 saturated heterocycles. The highest BCUT2D eigenvalue weighted by Gasteiger charge is 2.31. The van der Waals surface area contributed by atoms with Crippen LogP contribution < -0.4 is 10.9 Å². The quantitative estimate of drug-likeness (QED) is 0.728. The van der Waals surface area contributed by atoms with E-state index in [-0.39, 0.29) is 5.56 Å². The zero-order valence-electron chi connectivity index (χ0n) is 10.3. The fourth-order valence-electron chi connectivity index (χ4n) is 3.04. The van der Waals surface area contributed by atoms with Gasteiger partial charge in [-0.3, -0.25) is 4.79 Å². The number of nitrogens with one attached hydrogen (secondary N) is 1. The van der Waals surface area contributed by atoms with Gasteiger partial charge in [0, 0.05) is 30.8 Å². The molecule has 2 bridgehead atoms. The molecule has 3 rings (SSSR count). The lowest BCUT2D eigenvalue weighted by Crippen LogP contribution is -2.45. The van der Waals surface area contributed by atoms with E-state index in [4.69, 9.17) is 0 Å². The summed E-state index contributed by atoms with van der Waals surface area (Å²) in [5.74, 6) is 0.411. The Bertz CT molecular complexity index is 550. The molecule has 1 N–H and O–H groups in total. The third-order valence-electron chi connectivity index (χ3n) is 3.88. The van der Waals surface area contributed by atoms with Gasteiger partial charge in [0.05, 0.1) is 12.7 Å². The zero-order valence-corrected chi connectivity index (χ0v) is 10.3. The summed E-state index contributed by atoms with van der Waals surface area (Å²) in [6.07, 6.45) is 1.09. The van der Waals surface area contributed by atoms with Crippen molar-refractivity contribution in [3.63, 3.8) is 0 Å². The van der Waals surface area contributed by atoms with Crippen LogP contribution in [-0.4, -0.2) is 30.7 Å². The molecule has 18 heavy (non-hydrogen) atoms. The van der Waals surface area contributed by atoms with Crippen LogP contribution in [0.3, 0.4) is 0 Å². The number of methoxy groups -OCH3 is 1. The SMILES string of the molecule is COC(=O)c1cc2n(c(=O)c1)CC1CNCC2C1. The number of hydrogen-bond acceptors (Lipinski definition) is 4. The van der Waals surface area contributed by atoms with Crippen LogP contribution in [0.25, 0.3) is 0 Å². The molecular weight excluding hydrogens is 232 g/mol. The minimum absolute atomic E-state index is 0.0931. The van der Waals surface area contributed by atoms with Crippen LogP contribution >= 0.6 is 0 Å². The molecule has 0 aliphatic carbocycles. The van der Waals surface area contributed by atoms with E-state index in [1.165, 1.54) is 13.2 Å². The number of carbonyl (C=O) groups is 1. The largest absolute Gasteiger partial charge is 0.465 e. The molecular formula is C13H16N2O3. The number of aromatic nitrogens is 1. The van der Waals surface area contributed by atoms with Gasteiger partial charge in [0.2, 0.25) is 0 Å². The van der Waals surface area contributed by atoms with E-state index in [1.54, 1.807) is 6.07 Å². The van der Waals surface area contributed by atoms with Gasteiger partial charge >= 0.3 is 5.97 Å². The number of nitrogens with zero attached hydrogens (tertiary/aromatic N) is 1. The summed E-state index contributed by atoms with van der Waals surface area (Å²) in [5, 5.41) is 3.38. The highest BCUT2D eigenvalue weighted by molar-refractivity contribution is 5.89. The normalized spacial score (nSPS) is 25.4. The Hall–Kier alpha value is -1.62. The molecule has 0 saturated carbocycles. The zero-order chi connectivity index (χ0) is 12.7. The summed E-state index contributed by atoms with van der Waals surface area (Å²) in [6, 6.07) is 3.19. The van der Waals surface area contributed by atoms with Gasteiger partial charge in [-0.15, -0.1) is 0 Å². The van der Waals surface area contributed by atoms with Crippen molar-refractivity contribution < 1.29 is 9.53 Å². The molecule has 1 aromatic rings. The molecule has 0 spiro atoms. The van der Waals surface area contributed by atoms with Crippen LogP contribution in [0, 0.1) is 5.92 Å². The molecule has 5 nitrogen and oxygen atoms in total. The van der Waals surface area contributed by atoms with Gasteiger partial charge < -0.3 is 14.6 Å². The summed E-state index contributed by atoms with van der Waals surface area (Å²) in [6.45, 7) is 2.60. The Morgan fingerprint density at radius 2 is 2.28 bits per heavy atom. The predicted octanol–water partition coefficient (Wildman–Crippen LogP) is 0.342. The molecule has 5 heteroatoms. The lowest BCUT2D eigenvalue weighted by atomic mass is 9.84. The van der Waals surface area contributed by atoms with Crippen LogP contribution in [0.2, 0.25) is 0 Å². The molecule has 1 aromatic heterocycles. The molecule has 1 fully saturated rings. The molecule has 2 atom stereocenters. The first-order valence-corrected chi connectivity index (χ1v) is 6.23.